The van der Waals surface area contributed by atoms with Gasteiger partial charge in [0, 0.05) is 37.3 Å². The van der Waals surface area contributed by atoms with Crippen LogP contribution in [0.1, 0.15) is 48.2 Å². The number of amides is 2. The second-order valence-corrected chi connectivity index (χ2v) is 9.87. The summed E-state index contributed by atoms with van der Waals surface area (Å²) in [5, 5.41) is 2.59. The molecule has 1 aliphatic carbocycles. The topological polar surface area (TPSA) is 95.6 Å². The number of sulfonamides is 1. The summed E-state index contributed by atoms with van der Waals surface area (Å²) in [5.41, 5.74) is 2.28. The Labute approximate surface area is 189 Å². The van der Waals surface area contributed by atoms with Gasteiger partial charge in [0.25, 0.3) is 5.91 Å². The molecule has 0 radical (unpaired) electrons. The zero-order valence-corrected chi connectivity index (χ0v) is 19.4. The normalized spacial score (nSPS) is 14.0. The van der Waals surface area contributed by atoms with Crippen LogP contribution in [0.4, 0.5) is 0 Å². The number of nitrogens with one attached hydrogen (secondary N) is 2. The van der Waals surface area contributed by atoms with Crippen molar-refractivity contribution in [3.05, 3.63) is 71.3 Å². The van der Waals surface area contributed by atoms with Crippen molar-refractivity contribution in [3.63, 3.8) is 0 Å². The molecular formula is C24H29N3O4S. The fourth-order valence-corrected chi connectivity index (χ4v) is 4.53. The minimum absolute atomic E-state index is 0.0962. The van der Waals surface area contributed by atoms with Crippen LogP contribution in [-0.4, -0.2) is 44.3 Å². The van der Waals surface area contributed by atoms with Crippen molar-refractivity contribution < 1.29 is 18.0 Å². The number of nitrogens with zero attached hydrogens (tertiary/aromatic N) is 1. The van der Waals surface area contributed by atoms with E-state index < -0.39 is 10.0 Å². The number of hydrogen-bond acceptors (Lipinski definition) is 4. The van der Waals surface area contributed by atoms with Crippen LogP contribution < -0.4 is 10.0 Å². The summed E-state index contributed by atoms with van der Waals surface area (Å²) in [6.07, 6.45) is 5.17. The summed E-state index contributed by atoms with van der Waals surface area (Å²) in [4.78, 5) is 26.6. The van der Waals surface area contributed by atoms with E-state index in [2.05, 4.69) is 10.0 Å². The average Bonchev–Trinajstić information content (AvgIpc) is 3.60. The van der Waals surface area contributed by atoms with Gasteiger partial charge in [-0.15, -0.1) is 0 Å². The van der Waals surface area contributed by atoms with Crippen molar-refractivity contribution in [1.29, 1.82) is 0 Å². The molecule has 2 aromatic rings. The van der Waals surface area contributed by atoms with Crippen LogP contribution in [0.25, 0.3) is 6.08 Å². The quantitative estimate of drug-likeness (QED) is 0.569. The lowest BCUT2D eigenvalue weighted by Gasteiger charge is -2.21. The van der Waals surface area contributed by atoms with Crippen molar-refractivity contribution in [3.8, 4) is 0 Å². The highest BCUT2D eigenvalue weighted by molar-refractivity contribution is 7.89. The molecule has 170 valence electrons. The van der Waals surface area contributed by atoms with Gasteiger partial charge >= 0.3 is 0 Å². The van der Waals surface area contributed by atoms with E-state index in [1.165, 1.54) is 18.2 Å². The molecule has 7 nitrogen and oxygen atoms in total. The van der Waals surface area contributed by atoms with Gasteiger partial charge in [-0.25, -0.2) is 13.1 Å². The molecule has 1 fully saturated rings. The molecule has 2 aromatic carbocycles. The van der Waals surface area contributed by atoms with Gasteiger partial charge in [-0.3, -0.25) is 9.59 Å². The highest BCUT2D eigenvalue weighted by atomic mass is 32.2. The van der Waals surface area contributed by atoms with Crippen LogP contribution in [-0.2, 0) is 21.4 Å². The Bertz CT molecular complexity index is 1090. The SMILES string of the molecule is CNC(=O)c1ccc(CN(C(=O)/C=C/c2ccc(S(=O)(=O)NC(C)C)cc2)C2CC2)cc1. The van der Waals surface area contributed by atoms with E-state index >= 15 is 0 Å². The van der Waals surface area contributed by atoms with E-state index in [1.54, 1.807) is 51.2 Å². The summed E-state index contributed by atoms with van der Waals surface area (Å²) < 4.78 is 27.0. The van der Waals surface area contributed by atoms with Crippen molar-refractivity contribution in [2.45, 2.75) is 50.2 Å². The zero-order valence-electron chi connectivity index (χ0n) is 18.5. The summed E-state index contributed by atoms with van der Waals surface area (Å²) in [6, 6.07) is 13.7. The Morgan fingerprint density at radius 1 is 1.06 bits per heavy atom. The second-order valence-electron chi connectivity index (χ2n) is 8.15. The fourth-order valence-electron chi connectivity index (χ4n) is 3.28. The van der Waals surface area contributed by atoms with E-state index in [1.807, 2.05) is 17.0 Å². The maximum Gasteiger partial charge on any atom is 0.251 e. The largest absolute Gasteiger partial charge is 0.355 e. The number of carbonyl (C=O) groups is 2. The molecule has 8 heteroatoms. The third-order valence-corrected chi connectivity index (χ3v) is 6.74. The Hall–Kier alpha value is -2.97. The predicted molar refractivity (Wildman–Crippen MR) is 124 cm³/mol. The van der Waals surface area contributed by atoms with Gasteiger partial charge < -0.3 is 10.2 Å². The van der Waals surface area contributed by atoms with Gasteiger partial charge in [0.15, 0.2) is 0 Å². The molecule has 0 bridgehead atoms. The minimum Gasteiger partial charge on any atom is -0.355 e. The highest BCUT2D eigenvalue weighted by Gasteiger charge is 2.31. The van der Waals surface area contributed by atoms with E-state index in [-0.39, 0.29) is 28.8 Å². The molecule has 3 rings (SSSR count). The number of rotatable bonds is 9. The third-order valence-electron chi connectivity index (χ3n) is 5.07. The fraction of sp³-hybridized carbons (Fsp3) is 0.333. The van der Waals surface area contributed by atoms with Crippen LogP contribution in [0.3, 0.4) is 0 Å². The average molecular weight is 456 g/mol. The van der Waals surface area contributed by atoms with Crippen molar-refractivity contribution in [2.75, 3.05) is 7.05 Å². The lowest BCUT2D eigenvalue weighted by atomic mass is 10.1. The van der Waals surface area contributed by atoms with Gasteiger partial charge in [0.2, 0.25) is 15.9 Å². The predicted octanol–water partition coefficient (Wildman–Crippen LogP) is 2.94. The van der Waals surface area contributed by atoms with E-state index in [0.717, 1.165) is 24.0 Å². The third kappa shape index (κ3) is 6.27. The molecule has 1 aliphatic rings. The number of hydrogen-bond donors (Lipinski definition) is 2. The smallest absolute Gasteiger partial charge is 0.251 e. The first-order chi connectivity index (χ1) is 15.2. The maximum atomic E-state index is 12.8. The van der Waals surface area contributed by atoms with E-state index in [0.29, 0.717) is 12.1 Å². The molecule has 0 spiro atoms. The molecule has 2 amide bonds. The van der Waals surface area contributed by atoms with Crippen LogP contribution in [0.2, 0.25) is 0 Å². The highest BCUT2D eigenvalue weighted by Crippen LogP contribution is 2.29. The Kier molecular flexibility index (Phi) is 7.48. The number of benzene rings is 2. The molecular weight excluding hydrogens is 426 g/mol. The zero-order chi connectivity index (χ0) is 23.3. The molecule has 0 aromatic heterocycles. The lowest BCUT2D eigenvalue weighted by molar-refractivity contribution is -0.127. The van der Waals surface area contributed by atoms with E-state index in [9.17, 15) is 18.0 Å². The molecule has 0 heterocycles. The monoisotopic (exact) mass is 455 g/mol. The van der Waals surface area contributed by atoms with Crippen LogP contribution in [0.15, 0.2) is 59.5 Å². The minimum atomic E-state index is -3.54. The molecule has 2 N–H and O–H groups in total. The number of carbonyl (C=O) groups excluding carboxylic acids is 2. The first kappa shape index (κ1) is 23.7. The summed E-state index contributed by atoms with van der Waals surface area (Å²) >= 11 is 0. The van der Waals surface area contributed by atoms with Crippen LogP contribution >= 0.6 is 0 Å². The first-order valence-corrected chi connectivity index (χ1v) is 12.1. The first-order valence-electron chi connectivity index (χ1n) is 10.6. The van der Waals surface area contributed by atoms with Crippen molar-refractivity contribution in [2.24, 2.45) is 0 Å². The summed E-state index contributed by atoms with van der Waals surface area (Å²) in [6.45, 7) is 4.00. The standard InChI is InChI=1S/C24H29N3O4S/c1-17(2)26-32(30,31)22-13-6-18(7-14-22)8-15-23(28)27(21-11-12-21)16-19-4-9-20(10-5-19)24(29)25-3/h4-10,13-15,17,21,26H,11-12,16H2,1-3H3,(H,25,29)/b15-8+. The van der Waals surface area contributed by atoms with E-state index in [4.69, 9.17) is 0 Å². The molecule has 0 atom stereocenters. The Morgan fingerprint density at radius 3 is 2.22 bits per heavy atom. The van der Waals surface area contributed by atoms with Crippen LogP contribution in [0.5, 0.6) is 0 Å². The summed E-state index contributed by atoms with van der Waals surface area (Å²) in [7, 11) is -1.95. The van der Waals surface area contributed by atoms with Gasteiger partial charge in [-0.1, -0.05) is 24.3 Å². The van der Waals surface area contributed by atoms with Crippen molar-refractivity contribution in [1.82, 2.24) is 14.9 Å². The van der Waals surface area contributed by atoms with Gasteiger partial charge in [0.1, 0.15) is 0 Å². The molecule has 0 aliphatic heterocycles. The lowest BCUT2D eigenvalue weighted by Crippen LogP contribution is -2.31. The van der Waals surface area contributed by atoms with Crippen LogP contribution in [0, 0.1) is 0 Å². The molecule has 32 heavy (non-hydrogen) atoms. The Morgan fingerprint density at radius 2 is 1.69 bits per heavy atom. The Balaban J connectivity index is 1.67. The maximum absolute atomic E-state index is 12.8. The molecule has 0 unspecified atom stereocenters. The van der Waals surface area contributed by atoms with Gasteiger partial charge in [0.05, 0.1) is 4.90 Å². The van der Waals surface area contributed by atoms with Gasteiger partial charge in [-0.2, -0.15) is 0 Å². The van der Waals surface area contributed by atoms with Gasteiger partial charge in [-0.05, 0) is 68.2 Å². The summed E-state index contributed by atoms with van der Waals surface area (Å²) in [5.74, 6) is -0.241. The van der Waals surface area contributed by atoms with Crippen molar-refractivity contribution >= 4 is 27.9 Å². The molecule has 1 saturated carbocycles. The molecule has 0 saturated heterocycles. The second kappa shape index (κ2) is 10.1.